The fraction of sp³-hybridized carbons (Fsp3) is 0.300. The number of carbonyl (C=O) groups is 1. The monoisotopic (exact) mass is 396 g/mol. The number of rotatable bonds is 5. The molecule has 3 aromatic rings. The van der Waals surface area contributed by atoms with E-state index in [9.17, 15) is 4.79 Å². The first-order chi connectivity index (χ1) is 13.5. The van der Waals surface area contributed by atoms with Crippen molar-refractivity contribution < 1.29 is 4.79 Å². The molecule has 1 aromatic carbocycles. The topological polar surface area (TPSA) is 75.9 Å². The van der Waals surface area contributed by atoms with Crippen LogP contribution in [0, 0.1) is 19.8 Å². The van der Waals surface area contributed by atoms with Gasteiger partial charge in [-0.2, -0.15) is 5.10 Å². The number of hydrogen-bond acceptors (Lipinski definition) is 5. The zero-order valence-electron chi connectivity index (χ0n) is 15.8. The van der Waals surface area contributed by atoms with Crippen LogP contribution in [0.25, 0.3) is 5.82 Å². The highest BCUT2D eigenvalue weighted by molar-refractivity contribution is 6.30. The predicted molar refractivity (Wildman–Crippen MR) is 108 cm³/mol. The van der Waals surface area contributed by atoms with Gasteiger partial charge >= 0.3 is 0 Å². The van der Waals surface area contributed by atoms with Gasteiger partial charge in [-0.25, -0.2) is 14.6 Å². The fourth-order valence-electron chi connectivity index (χ4n) is 3.25. The summed E-state index contributed by atoms with van der Waals surface area (Å²) in [4.78, 5) is 23.1. The lowest BCUT2D eigenvalue weighted by Gasteiger charge is -2.39. The molecule has 2 aromatic heterocycles. The molecule has 0 saturated carbocycles. The Hall–Kier alpha value is -2.93. The van der Waals surface area contributed by atoms with Crippen LogP contribution in [0.5, 0.6) is 0 Å². The standard InChI is InChI=1S/C20H21ClN6O/c1-13-7-14(2)27(25-13)19-8-18(23-12-24-19)26-10-16(11-26)20(28)22-9-15-3-5-17(21)6-4-15/h3-8,12,16H,9-11H2,1-2H3,(H,22,28). The first-order valence-corrected chi connectivity index (χ1v) is 9.50. The molecule has 144 valence electrons. The van der Waals surface area contributed by atoms with Crippen LogP contribution < -0.4 is 10.2 Å². The van der Waals surface area contributed by atoms with Crippen LogP contribution in [-0.4, -0.2) is 38.7 Å². The summed E-state index contributed by atoms with van der Waals surface area (Å²) in [6.45, 7) is 5.73. The Balaban J connectivity index is 1.34. The summed E-state index contributed by atoms with van der Waals surface area (Å²) < 4.78 is 1.80. The molecule has 1 saturated heterocycles. The molecule has 0 radical (unpaired) electrons. The number of anilines is 1. The number of aryl methyl sites for hydroxylation is 2. The maximum atomic E-state index is 12.4. The Morgan fingerprint density at radius 3 is 2.54 bits per heavy atom. The quantitative estimate of drug-likeness (QED) is 0.717. The largest absolute Gasteiger partial charge is 0.355 e. The number of benzene rings is 1. The van der Waals surface area contributed by atoms with Crippen LogP contribution in [0.3, 0.4) is 0 Å². The second-order valence-corrected chi connectivity index (χ2v) is 7.46. The lowest BCUT2D eigenvalue weighted by atomic mass is 9.99. The maximum Gasteiger partial charge on any atom is 0.226 e. The molecule has 4 rings (SSSR count). The lowest BCUT2D eigenvalue weighted by Crippen LogP contribution is -2.54. The minimum atomic E-state index is -0.0422. The SMILES string of the molecule is Cc1cc(C)n(-c2cc(N3CC(C(=O)NCc4ccc(Cl)cc4)C3)ncn2)n1. The van der Waals surface area contributed by atoms with E-state index in [1.807, 2.05) is 50.2 Å². The predicted octanol–water partition coefficient (Wildman–Crippen LogP) is 2.69. The third kappa shape index (κ3) is 3.84. The van der Waals surface area contributed by atoms with Crippen molar-refractivity contribution in [3.63, 3.8) is 0 Å². The van der Waals surface area contributed by atoms with E-state index in [1.54, 1.807) is 4.68 Å². The molecule has 0 bridgehead atoms. The Morgan fingerprint density at radius 1 is 1.14 bits per heavy atom. The van der Waals surface area contributed by atoms with Crippen molar-refractivity contribution >= 4 is 23.3 Å². The normalized spacial score (nSPS) is 14.0. The molecule has 1 N–H and O–H groups in total. The van der Waals surface area contributed by atoms with Crippen LogP contribution in [0.4, 0.5) is 5.82 Å². The summed E-state index contributed by atoms with van der Waals surface area (Å²) in [6.07, 6.45) is 1.54. The van der Waals surface area contributed by atoms with Gasteiger partial charge in [-0.15, -0.1) is 0 Å². The molecule has 0 aliphatic carbocycles. The highest BCUT2D eigenvalue weighted by atomic mass is 35.5. The van der Waals surface area contributed by atoms with Crippen molar-refractivity contribution in [2.75, 3.05) is 18.0 Å². The fourth-order valence-corrected chi connectivity index (χ4v) is 3.38. The molecule has 28 heavy (non-hydrogen) atoms. The van der Waals surface area contributed by atoms with Crippen molar-refractivity contribution in [2.45, 2.75) is 20.4 Å². The molecule has 0 spiro atoms. The Morgan fingerprint density at radius 2 is 1.86 bits per heavy atom. The van der Waals surface area contributed by atoms with Gasteiger partial charge in [-0.3, -0.25) is 4.79 Å². The third-order valence-electron chi connectivity index (χ3n) is 4.82. The van der Waals surface area contributed by atoms with E-state index in [4.69, 9.17) is 11.6 Å². The van der Waals surface area contributed by atoms with Gasteiger partial charge < -0.3 is 10.2 Å². The van der Waals surface area contributed by atoms with Crippen LogP contribution in [0.1, 0.15) is 17.0 Å². The average Bonchev–Trinajstić information content (AvgIpc) is 2.98. The summed E-state index contributed by atoms with van der Waals surface area (Å²) in [6, 6.07) is 11.4. The zero-order chi connectivity index (χ0) is 19.7. The van der Waals surface area contributed by atoms with E-state index >= 15 is 0 Å². The number of amides is 1. The summed E-state index contributed by atoms with van der Waals surface area (Å²) in [5.74, 6) is 1.55. The Labute approximate surface area is 168 Å². The number of halogens is 1. The van der Waals surface area contributed by atoms with E-state index in [0.29, 0.717) is 24.7 Å². The summed E-state index contributed by atoms with van der Waals surface area (Å²) in [5.41, 5.74) is 2.99. The molecule has 7 nitrogen and oxygen atoms in total. The molecule has 1 amide bonds. The van der Waals surface area contributed by atoms with Gasteiger partial charge in [0.15, 0.2) is 5.82 Å². The van der Waals surface area contributed by atoms with Crippen molar-refractivity contribution in [3.05, 3.63) is 64.7 Å². The van der Waals surface area contributed by atoms with Gasteiger partial charge in [0.1, 0.15) is 12.1 Å². The highest BCUT2D eigenvalue weighted by Gasteiger charge is 2.33. The van der Waals surface area contributed by atoms with Gasteiger partial charge in [0.25, 0.3) is 0 Å². The lowest BCUT2D eigenvalue weighted by molar-refractivity contribution is -0.125. The first kappa shape index (κ1) is 18.4. The first-order valence-electron chi connectivity index (χ1n) is 9.12. The molecule has 8 heteroatoms. The number of hydrogen-bond donors (Lipinski definition) is 1. The zero-order valence-corrected chi connectivity index (χ0v) is 16.5. The van der Waals surface area contributed by atoms with E-state index in [0.717, 1.165) is 28.6 Å². The minimum absolute atomic E-state index is 0.0422. The summed E-state index contributed by atoms with van der Waals surface area (Å²) in [7, 11) is 0. The van der Waals surface area contributed by atoms with Gasteiger partial charge in [0.05, 0.1) is 11.6 Å². The van der Waals surface area contributed by atoms with Crippen LogP contribution in [0.15, 0.2) is 42.7 Å². The number of carbonyl (C=O) groups excluding carboxylic acids is 1. The molecular weight excluding hydrogens is 376 g/mol. The smallest absolute Gasteiger partial charge is 0.226 e. The van der Waals surface area contributed by atoms with E-state index in [1.165, 1.54) is 6.33 Å². The van der Waals surface area contributed by atoms with Crippen LogP contribution in [-0.2, 0) is 11.3 Å². The van der Waals surface area contributed by atoms with Crippen molar-refractivity contribution in [1.29, 1.82) is 0 Å². The molecule has 1 aliphatic heterocycles. The third-order valence-corrected chi connectivity index (χ3v) is 5.07. The number of aromatic nitrogens is 4. The molecule has 0 unspecified atom stereocenters. The number of nitrogens with one attached hydrogen (secondary N) is 1. The van der Waals surface area contributed by atoms with Crippen molar-refractivity contribution in [2.24, 2.45) is 5.92 Å². The van der Waals surface area contributed by atoms with Gasteiger partial charge in [0.2, 0.25) is 5.91 Å². The van der Waals surface area contributed by atoms with Crippen LogP contribution in [0.2, 0.25) is 5.02 Å². The van der Waals surface area contributed by atoms with E-state index in [-0.39, 0.29) is 11.8 Å². The Kier molecular flexibility index (Phi) is 5.00. The number of nitrogens with zero attached hydrogens (tertiary/aromatic N) is 5. The molecule has 0 atom stereocenters. The minimum Gasteiger partial charge on any atom is -0.355 e. The highest BCUT2D eigenvalue weighted by Crippen LogP contribution is 2.24. The average molecular weight is 397 g/mol. The maximum absolute atomic E-state index is 12.4. The van der Waals surface area contributed by atoms with Gasteiger partial charge in [0, 0.05) is 36.4 Å². The molecule has 3 heterocycles. The Bertz CT molecular complexity index is 994. The molecular formula is C20H21ClN6O. The molecule has 1 aliphatic rings. The molecule has 1 fully saturated rings. The second-order valence-electron chi connectivity index (χ2n) is 7.02. The second kappa shape index (κ2) is 7.59. The van der Waals surface area contributed by atoms with Gasteiger partial charge in [-0.05, 0) is 37.6 Å². The van der Waals surface area contributed by atoms with Crippen molar-refractivity contribution in [1.82, 2.24) is 25.1 Å². The van der Waals surface area contributed by atoms with Gasteiger partial charge in [-0.1, -0.05) is 23.7 Å². The van der Waals surface area contributed by atoms with E-state index < -0.39 is 0 Å². The van der Waals surface area contributed by atoms with Crippen LogP contribution >= 0.6 is 11.6 Å². The van der Waals surface area contributed by atoms with E-state index in [2.05, 4.69) is 25.3 Å². The summed E-state index contributed by atoms with van der Waals surface area (Å²) in [5, 5.41) is 8.14. The van der Waals surface area contributed by atoms with Crippen molar-refractivity contribution in [3.8, 4) is 5.82 Å². The summed E-state index contributed by atoms with van der Waals surface area (Å²) >= 11 is 5.88.